The number of nitrogens with zero attached hydrogens (tertiary/aromatic N) is 2. The highest BCUT2D eigenvalue weighted by Gasteiger charge is 2.03. The highest BCUT2D eigenvalue weighted by Crippen LogP contribution is 2.16. The van der Waals surface area contributed by atoms with Crippen molar-refractivity contribution in [3.8, 4) is 11.6 Å². The first-order valence-corrected chi connectivity index (χ1v) is 3.81. The Hall–Kier alpha value is -1.77. The van der Waals surface area contributed by atoms with E-state index < -0.39 is 6.85 Å². The zero-order valence-corrected chi connectivity index (χ0v) is 6.77. The molecule has 0 aliphatic carbocycles. The summed E-state index contributed by atoms with van der Waals surface area (Å²) >= 11 is 0. The van der Waals surface area contributed by atoms with E-state index in [4.69, 9.17) is 5.54 Å². The second-order valence-electron chi connectivity index (χ2n) is 2.62. The monoisotopic (exact) mass is 178 g/mol. The topological polar surface area (TPSA) is 38.1 Å². The smallest absolute Gasteiger partial charge is 0.295 e. The number of aromatic hydroxyl groups is 1. The summed E-state index contributed by atoms with van der Waals surface area (Å²) < 4.78 is 30.0. The van der Waals surface area contributed by atoms with Gasteiger partial charge in [-0.05, 0) is 19.0 Å². The van der Waals surface area contributed by atoms with Gasteiger partial charge in [0.25, 0.3) is 1.43 Å². The van der Waals surface area contributed by atoms with Crippen LogP contribution in [0.25, 0.3) is 5.69 Å². The third-order valence-electron chi connectivity index (χ3n) is 1.68. The van der Waals surface area contributed by atoms with E-state index >= 15 is 0 Å². The summed E-state index contributed by atoms with van der Waals surface area (Å²) in [6.45, 7) is -2.31. The van der Waals surface area contributed by atoms with Crippen molar-refractivity contribution < 1.29 is 9.22 Å². The van der Waals surface area contributed by atoms with Crippen molar-refractivity contribution in [2.45, 2.75) is 6.85 Å². The standard InChI is InChI=1S/C10H10N2O/c1-8-7-10(13)12(11-8)9-5-3-2-4-6-9/h2-7,13H,1H3/i1D3/hD. The van der Waals surface area contributed by atoms with Gasteiger partial charge >= 0.3 is 0 Å². The van der Waals surface area contributed by atoms with E-state index in [-0.39, 0.29) is 11.6 Å². The maximum absolute atomic E-state index is 7.26. The minimum atomic E-state index is -2.31. The highest BCUT2D eigenvalue weighted by atomic mass is 16.3. The molecule has 0 fully saturated rings. The molecule has 3 heteroatoms. The molecule has 0 radical (unpaired) electrons. The fourth-order valence-electron chi connectivity index (χ4n) is 1.12. The predicted molar refractivity (Wildman–Crippen MR) is 50.0 cm³/mol. The van der Waals surface area contributed by atoms with E-state index in [9.17, 15) is 0 Å². The Morgan fingerprint density at radius 3 is 3.00 bits per heavy atom. The lowest BCUT2D eigenvalue weighted by molar-refractivity contribution is 0.433. The Balaban J connectivity index is 2.51. The van der Waals surface area contributed by atoms with Gasteiger partial charge in [0.1, 0.15) is 0 Å². The Morgan fingerprint density at radius 2 is 2.31 bits per heavy atom. The number of para-hydroxylation sites is 1. The Kier molecular flexibility index (Phi) is 1.01. The molecule has 0 spiro atoms. The van der Waals surface area contributed by atoms with Crippen LogP contribution in [0, 0.1) is 6.85 Å². The summed E-state index contributed by atoms with van der Waals surface area (Å²) in [6, 6.07) is 10.2. The lowest BCUT2D eigenvalue weighted by Gasteiger charge is -2.00. The number of hydrogen-bond acceptors (Lipinski definition) is 2. The van der Waals surface area contributed by atoms with Gasteiger partial charge in [-0.3, -0.25) is 0 Å². The fourth-order valence-corrected chi connectivity index (χ4v) is 1.12. The maximum atomic E-state index is 7.26. The molecule has 0 unspecified atom stereocenters. The van der Waals surface area contributed by atoms with Crippen LogP contribution < -0.4 is 0 Å². The van der Waals surface area contributed by atoms with Gasteiger partial charge in [-0.1, -0.05) is 18.2 Å². The van der Waals surface area contributed by atoms with Gasteiger partial charge in [0.15, 0.2) is 0 Å². The first kappa shape index (κ1) is 4.46. The number of aryl methyl sites for hydroxylation is 1. The molecule has 0 aliphatic heterocycles. The molecular formula is C10H10N2O. The normalized spacial score (nSPS) is 15.4. The SMILES string of the molecule is [2H]Oc1cc(C([2H])([2H])[2H])nn1-c1ccccc1. The van der Waals surface area contributed by atoms with Crippen LogP contribution >= 0.6 is 0 Å². The molecule has 0 bridgehead atoms. The van der Waals surface area contributed by atoms with Gasteiger partial charge in [-0.25, -0.2) is 4.68 Å². The fraction of sp³-hybridized carbons (Fsp3) is 0.100. The number of aromatic nitrogens is 2. The number of benzene rings is 1. The van der Waals surface area contributed by atoms with Crippen molar-refractivity contribution in [1.29, 1.82) is 1.43 Å². The van der Waals surface area contributed by atoms with Crippen LogP contribution in [0.1, 0.15) is 9.81 Å². The van der Waals surface area contributed by atoms with E-state index in [1.165, 1.54) is 10.7 Å². The summed E-state index contributed by atoms with van der Waals surface area (Å²) in [6.07, 6.45) is 0. The lowest BCUT2D eigenvalue weighted by Crippen LogP contribution is -1.94. The van der Waals surface area contributed by atoms with Crippen molar-refractivity contribution in [2.24, 2.45) is 0 Å². The molecule has 66 valence electrons. The Bertz CT molecular complexity index is 507. The van der Waals surface area contributed by atoms with E-state index in [0.717, 1.165) is 0 Å². The maximum Gasteiger partial charge on any atom is 0.295 e. The van der Waals surface area contributed by atoms with Crippen LogP contribution in [0.3, 0.4) is 0 Å². The van der Waals surface area contributed by atoms with Gasteiger partial charge in [0.2, 0.25) is 5.88 Å². The Morgan fingerprint density at radius 1 is 1.46 bits per heavy atom. The lowest BCUT2D eigenvalue weighted by atomic mass is 10.3. The van der Waals surface area contributed by atoms with Crippen LogP contribution in [0.5, 0.6) is 5.88 Å². The molecule has 2 aromatic rings. The van der Waals surface area contributed by atoms with Crippen molar-refractivity contribution in [2.75, 3.05) is 0 Å². The van der Waals surface area contributed by atoms with E-state index in [1.54, 1.807) is 24.3 Å². The van der Waals surface area contributed by atoms with Crippen LogP contribution in [-0.4, -0.2) is 16.3 Å². The third-order valence-corrected chi connectivity index (χ3v) is 1.68. The first-order valence-electron chi connectivity index (χ1n) is 5.72. The van der Waals surface area contributed by atoms with Gasteiger partial charge in [0.05, 0.1) is 11.4 Å². The quantitative estimate of drug-likeness (QED) is 0.762. The minimum Gasteiger partial charge on any atom is -0.493 e. The van der Waals surface area contributed by atoms with Gasteiger partial charge in [0, 0.05) is 10.2 Å². The molecule has 0 saturated heterocycles. The third kappa shape index (κ3) is 1.40. The van der Waals surface area contributed by atoms with Crippen LogP contribution in [-0.2, 0) is 0 Å². The van der Waals surface area contributed by atoms with E-state index in [2.05, 4.69) is 10.2 Å². The molecule has 1 heterocycles. The average molecular weight is 178 g/mol. The highest BCUT2D eigenvalue weighted by molar-refractivity contribution is 5.34. The van der Waals surface area contributed by atoms with Crippen molar-refractivity contribution in [3.63, 3.8) is 0 Å². The van der Waals surface area contributed by atoms with E-state index in [1.807, 2.05) is 6.07 Å². The predicted octanol–water partition coefficient (Wildman–Crippen LogP) is 1.89. The minimum absolute atomic E-state index is 0.0716. The molecule has 1 aromatic heterocycles. The molecule has 1 N–H and O–H groups in total. The van der Waals surface area contributed by atoms with Gasteiger partial charge in [-0.2, -0.15) is 5.10 Å². The molecule has 0 atom stereocenters. The Labute approximate surface area is 82.0 Å². The largest absolute Gasteiger partial charge is 0.493 e. The second kappa shape index (κ2) is 2.94. The summed E-state index contributed by atoms with van der Waals surface area (Å²) in [5.41, 5.74) is 0.550. The van der Waals surface area contributed by atoms with Crippen LogP contribution in [0.2, 0.25) is 0 Å². The second-order valence-corrected chi connectivity index (χ2v) is 2.62. The molecular weight excluding hydrogens is 164 g/mol. The van der Waals surface area contributed by atoms with Crippen molar-refractivity contribution in [1.82, 2.24) is 9.78 Å². The average Bonchev–Trinajstić information content (AvgIpc) is 2.73. The molecule has 3 nitrogen and oxygen atoms in total. The molecule has 13 heavy (non-hydrogen) atoms. The summed E-state index contributed by atoms with van der Waals surface area (Å²) in [5, 5.41) is 8.31. The zero-order valence-electron chi connectivity index (χ0n) is 10.8. The summed E-state index contributed by atoms with van der Waals surface area (Å²) in [7, 11) is 0. The number of rotatable bonds is 2. The molecule has 0 saturated carbocycles. The summed E-state index contributed by atoms with van der Waals surface area (Å²) in [5.74, 6) is 0.0716. The van der Waals surface area contributed by atoms with Crippen molar-refractivity contribution >= 4 is 0 Å². The number of hydrogen-bond donors (Lipinski definition) is 1. The van der Waals surface area contributed by atoms with E-state index in [0.29, 0.717) is 5.69 Å². The van der Waals surface area contributed by atoms with Crippen molar-refractivity contribution in [3.05, 3.63) is 42.1 Å². The van der Waals surface area contributed by atoms with Gasteiger partial charge < -0.3 is 5.11 Å². The molecule has 1 aromatic carbocycles. The first-order chi connectivity index (χ1) is 8.02. The van der Waals surface area contributed by atoms with Gasteiger partial charge in [-0.15, -0.1) is 0 Å². The molecule has 0 aliphatic rings. The molecule has 2 rings (SSSR count). The zero-order chi connectivity index (χ0) is 12.5. The van der Waals surface area contributed by atoms with Crippen LogP contribution in [0.15, 0.2) is 36.4 Å². The summed E-state index contributed by atoms with van der Waals surface area (Å²) in [4.78, 5) is 0. The molecule has 0 amide bonds. The van der Waals surface area contributed by atoms with Crippen LogP contribution in [0.4, 0.5) is 0 Å².